The highest BCUT2D eigenvalue weighted by Crippen LogP contribution is 2.58. The summed E-state index contributed by atoms with van der Waals surface area (Å²) in [7, 11) is 1.31. The Hall–Kier alpha value is -3.83. The van der Waals surface area contributed by atoms with Gasteiger partial charge >= 0.3 is 5.97 Å². The van der Waals surface area contributed by atoms with E-state index in [1.54, 1.807) is 24.4 Å². The maximum atomic E-state index is 14.1. The molecule has 1 saturated heterocycles. The third kappa shape index (κ3) is 4.34. The smallest absolute Gasteiger partial charge is 0.330 e. The number of aryl methyl sites for hydroxylation is 2. The summed E-state index contributed by atoms with van der Waals surface area (Å²) in [5, 5.41) is 24.0. The molecular formula is C26H26N2O8S. The normalized spacial score (nSPS) is 23.2. The minimum atomic E-state index is -1.89. The van der Waals surface area contributed by atoms with Gasteiger partial charge in [0, 0.05) is 30.0 Å². The number of carboxylic acids is 1. The molecule has 11 heteroatoms. The number of carbonyl (C=O) groups excluding carboxylic acids is 2. The van der Waals surface area contributed by atoms with Crippen LogP contribution in [0.25, 0.3) is 0 Å². The van der Waals surface area contributed by atoms with Crippen molar-refractivity contribution in [3.8, 4) is 0 Å². The van der Waals surface area contributed by atoms with Crippen LogP contribution < -0.4 is 0 Å². The Kier molecular flexibility index (Phi) is 7.03. The molecule has 1 aliphatic heterocycles. The van der Waals surface area contributed by atoms with Gasteiger partial charge in [0.2, 0.25) is 11.7 Å². The Bertz CT molecular complexity index is 1380. The van der Waals surface area contributed by atoms with Crippen molar-refractivity contribution in [3.05, 3.63) is 85.5 Å². The van der Waals surface area contributed by atoms with Crippen molar-refractivity contribution in [2.75, 3.05) is 13.7 Å². The van der Waals surface area contributed by atoms with Crippen molar-refractivity contribution in [1.29, 1.82) is 0 Å². The van der Waals surface area contributed by atoms with E-state index in [0.717, 1.165) is 10.5 Å². The fourth-order valence-corrected chi connectivity index (χ4v) is 6.50. The summed E-state index contributed by atoms with van der Waals surface area (Å²) >= 11 is 1.30. The lowest BCUT2D eigenvalue weighted by Crippen LogP contribution is -2.55. The molecule has 3 aromatic rings. The van der Waals surface area contributed by atoms with Gasteiger partial charge < -0.3 is 19.2 Å². The second kappa shape index (κ2) is 9.91. The summed E-state index contributed by atoms with van der Waals surface area (Å²) in [6.45, 7) is 4.47. The van der Waals surface area contributed by atoms with Crippen LogP contribution in [0.15, 0.2) is 52.3 Å². The Labute approximate surface area is 216 Å². The summed E-state index contributed by atoms with van der Waals surface area (Å²) in [4.78, 5) is 53.5. The summed E-state index contributed by atoms with van der Waals surface area (Å²) in [5.41, 5.74) is -1.09. The first-order chi connectivity index (χ1) is 17.5. The molecular weight excluding hydrogens is 500 g/mol. The predicted octanol–water partition coefficient (Wildman–Crippen LogP) is 4.52. The fourth-order valence-electron chi connectivity index (χ4n) is 5.30. The summed E-state index contributed by atoms with van der Waals surface area (Å²) < 4.78 is 10.7. The van der Waals surface area contributed by atoms with Crippen LogP contribution in [0.3, 0.4) is 0 Å². The first-order valence-electron chi connectivity index (χ1n) is 11.5. The molecule has 1 aromatic carbocycles. The lowest BCUT2D eigenvalue weighted by atomic mass is 9.74. The van der Waals surface area contributed by atoms with E-state index in [0.29, 0.717) is 10.6 Å². The summed E-state index contributed by atoms with van der Waals surface area (Å²) in [5.74, 6) is -4.05. The van der Waals surface area contributed by atoms with Gasteiger partial charge in [0.1, 0.15) is 17.9 Å². The van der Waals surface area contributed by atoms with Gasteiger partial charge in [-0.1, -0.05) is 12.1 Å². The molecule has 0 aliphatic carbocycles. The topological polar surface area (TPSA) is 140 Å². The highest BCUT2D eigenvalue weighted by atomic mass is 32.1. The fraction of sp³-hybridized carbons (Fsp3) is 0.346. The van der Waals surface area contributed by atoms with Gasteiger partial charge in [-0.25, -0.2) is 4.79 Å². The van der Waals surface area contributed by atoms with Crippen LogP contribution in [-0.4, -0.2) is 51.8 Å². The molecule has 4 rings (SSSR count). The first kappa shape index (κ1) is 26.2. The van der Waals surface area contributed by atoms with E-state index in [-0.39, 0.29) is 17.0 Å². The Morgan fingerprint density at radius 3 is 2.49 bits per heavy atom. The quantitative estimate of drug-likeness (QED) is 0.257. The maximum absolute atomic E-state index is 14.1. The Balaban J connectivity index is 2.06. The van der Waals surface area contributed by atoms with Crippen LogP contribution >= 0.6 is 11.3 Å². The number of methoxy groups -OCH3 is 1. The van der Waals surface area contributed by atoms with Gasteiger partial charge in [-0.15, -0.1) is 11.3 Å². The Morgan fingerprint density at radius 1 is 1.22 bits per heavy atom. The molecule has 194 valence electrons. The predicted molar refractivity (Wildman–Crippen MR) is 134 cm³/mol. The zero-order valence-corrected chi connectivity index (χ0v) is 21.5. The van der Waals surface area contributed by atoms with Crippen molar-refractivity contribution >= 4 is 34.7 Å². The van der Waals surface area contributed by atoms with Gasteiger partial charge in [-0.2, -0.15) is 0 Å². The molecule has 0 saturated carbocycles. The number of carbonyl (C=O) groups is 3. The van der Waals surface area contributed by atoms with Crippen LogP contribution in [-0.2, 0) is 14.3 Å². The summed E-state index contributed by atoms with van der Waals surface area (Å²) in [6.07, 6.45) is 0. The number of nitrogens with zero attached hydrogens (tertiary/aromatic N) is 2. The number of non-ortho nitro benzene ring substituents is 1. The van der Waals surface area contributed by atoms with Crippen LogP contribution in [0.1, 0.15) is 51.2 Å². The van der Waals surface area contributed by atoms with Crippen molar-refractivity contribution in [2.45, 2.75) is 38.3 Å². The minimum absolute atomic E-state index is 0.0194. The highest BCUT2D eigenvalue weighted by Gasteiger charge is 2.65. The third-order valence-corrected chi connectivity index (χ3v) is 8.05. The number of ketones is 1. The van der Waals surface area contributed by atoms with E-state index in [4.69, 9.17) is 9.15 Å². The zero-order valence-electron chi connectivity index (χ0n) is 20.7. The van der Waals surface area contributed by atoms with Crippen LogP contribution in [0.5, 0.6) is 0 Å². The molecule has 1 N–H and O–H groups in total. The molecule has 1 aliphatic rings. The van der Waals surface area contributed by atoms with E-state index < -0.39 is 52.6 Å². The number of carboxylic acid groups (broad SMARTS) is 1. The molecule has 4 unspecified atom stereocenters. The van der Waals surface area contributed by atoms with Crippen molar-refractivity contribution < 1.29 is 33.6 Å². The average molecular weight is 527 g/mol. The van der Waals surface area contributed by atoms with E-state index in [9.17, 15) is 29.6 Å². The minimum Gasteiger partial charge on any atom is -0.479 e. The lowest BCUT2D eigenvalue weighted by Gasteiger charge is -2.37. The number of likely N-dealkylation sites (tertiary alicyclic amines) is 1. The number of nitro groups is 1. The number of thiophene rings is 1. The number of hydrogen-bond acceptors (Lipinski definition) is 8. The highest BCUT2D eigenvalue weighted by molar-refractivity contribution is 7.10. The number of benzene rings is 1. The van der Waals surface area contributed by atoms with Gasteiger partial charge in [0.15, 0.2) is 5.76 Å². The number of ether oxygens (including phenoxy) is 1. The number of furan rings is 1. The number of Topliss-reactive ketones (excluding diaryl/α,β-unsaturated/α-hetero) is 1. The second-order valence-corrected chi connectivity index (χ2v) is 10.1. The molecule has 1 amide bonds. The summed E-state index contributed by atoms with van der Waals surface area (Å²) in [6, 6.07) is 9.40. The van der Waals surface area contributed by atoms with Crippen LogP contribution in [0, 0.1) is 29.9 Å². The molecule has 0 spiro atoms. The number of hydrogen-bond donors (Lipinski definition) is 1. The number of nitro benzene ring substituents is 1. The van der Waals surface area contributed by atoms with Gasteiger partial charge in [-0.05, 0) is 55.5 Å². The van der Waals surface area contributed by atoms with Crippen LogP contribution in [0.2, 0.25) is 0 Å². The average Bonchev–Trinajstić information content (AvgIpc) is 3.54. The molecule has 37 heavy (non-hydrogen) atoms. The second-order valence-electron chi connectivity index (χ2n) is 9.19. The lowest BCUT2D eigenvalue weighted by molar-refractivity contribution is -0.385. The van der Waals surface area contributed by atoms with Crippen molar-refractivity contribution in [1.82, 2.24) is 4.90 Å². The van der Waals surface area contributed by atoms with E-state index in [2.05, 4.69) is 0 Å². The molecule has 3 heterocycles. The van der Waals surface area contributed by atoms with Crippen molar-refractivity contribution in [3.63, 3.8) is 0 Å². The van der Waals surface area contributed by atoms with Crippen molar-refractivity contribution in [2.24, 2.45) is 5.92 Å². The SMILES string of the molecule is COCC(=O)N1C(c2cccc([N+](=O)[O-])c2)C(C(=O)c2ccc(C)o2)C(c2sccc2C)C1(C)C(=O)O. The third-order valence-electron chi connectivity index (χ3n) is 6.95. The molecule has 0 radical (unpaired) electrons. The number of rotatable bonds is 8. The standard InChI is InChI=1S/C26H26N2O8S/c1-14-10-11-37-24(14)21-20(23(30)18-9-8-15(2)36-18)22(16-6-5-7-17(12-16)28(33)34)27(19(29)13-35-4)26(21,3)25(31)32/h5-12,20-22H,13H2,1-4H3,(H,31,32). The van der Waals surface area contributed by atoms with Gasteiger partial charge in [-0.3, -0.25) is 19.7 Å². The van der Waals surface area contributed by atoms with E-state index in [1.165, 1.54) is 49.6 Å². The monoisotopic (exact) mass is 526 g/mol. The number of aliphatic carboxylic acids is 1. The Morgan fingerprint density at radius 2 is 1.95 bits per heavy atom. The largest absolute Gasteiger partial charge is 0.479 e. The van der Waals surface area contributed by atoms with Gasteiger partial charge in [0.25, 0.3) is 5.69 Å². The van der Waals surface area contributed by atoms with Gasteiger partial charge in [0.05, 0.1) is 16.9 Å². The molecule has 10 nitrogen and oxygen atoms in total. The molecule has 4 atom stereocenters. The molecule has 2 aromatic heterocycles. The van der Waals surface area contributed by atoms with Crippen LogP contribution in [0.4, 0.5) is 5.69 Å². The van der Waals surface area contributed by atoms with E-state index in [1.807, 2.05) is 13.0 Å². The first-order valence-corrected chi connectivity index (χ1v) is 12.3. The zero-order chi connectivity index (χ0) is 27.1. The molecule has 0 bridgehead atoms. The molecule has 1 fully saturated rings. The van der Waals surface area contributed by atoms with E-state index >= 15 is 0 Å². The maximum Gasteiger partial charge on any atom is 0.330 e. The number of amides is 1.